The minimum absolute atomic E-state index is 0.144. The molecule has 23 heteroatoms. The van der Waals surface area contributed by atoms with Crippen LogP contribution in [0.2, 0.25) is 0 Å². The van der Waals surface area contributed by atoms with Gasteiger partial charge >= 0.3 is 0 Å². The van der Waals surface area contributed by atoms with Crippen LogP contribution in [0.25, 0.3) is 0 Å². The summed E-state index contributed by atoms with van der Waals surface area (Å²) in [5.41, 5.74) is 17.3. The lowest BCUT2D eigenvalue weighted by molar-refractivity contribution is -0.121. The molecule has 23 nitrogen and oxygen atoms in total. The number of anilines is 11. The van der Waals surface area contributed by atoms with Crippen molar-refractivity contribution in [1.82, 2.24) is 55.7 Å². The van der Waals surface area contributed by atoms with Crippen LogP contribution >= 0.6 is 0 Å². The van der Waals surface area contributed by atoms with Crippen LogP contribution in [0.1, 0.15) is 80.7 Å². The van der Waals surface area contributed by atoms with Crippen molar-refractivity contribution in [2.24, 2.45) is 5.92 Å². The number of aromatic hydroxyl groups is 3. The highest BCUT2D eigenvalue weighted by Crippen LogP contribution is 2.26. The quantitative estimate of drug-likeness (QED) is 0.0123. The highest BCUT2D eigenvalue weighted by molar-refractivity contribution is 5.77. The van der Waals surface area contributed by atoms with Crippen molar-refractivity contribution < 1.29 is 24.9 Å². The molecule has 2 amide bonds. The van der Waals surface area contributed by atoms with Crippen molar-refractivity contribution in [2.45, 2.75) is 85.0 Å². The molecule has 0 aliphatic carbocycles. The summed E-state index contributed by atoms with van der Waals surface area (Å²) in [4.78, 5) is 65.6. The zero-order chi connectivity index (χ0) is 59.6. The molecule has 3 aromatic heterocycles. The lowest BCUT2D eigenvalue weighted by Crippen LogP contribution is -2.31. The second kappa shape index (κ2) is 31.5. The molecule has 6 aromatic carbocycles. The Labute approximate surface area is 493 Å². The number of aryl methyl sites for hydroxylation is 3. The van der Waals surface area contributed by atoms with Gasteiger partial charge in [-0.25, -0.2) is 0 Å². The van der Waals surface area contributed by atoms with Crippen molar-refractivity contribution in [3.63, 3.8) is 0 Å². The van der Waals surface area contributed by atoms with Crippen molar-refractivity contribution in [2.75, 3.05) is 44.0 Å². The maximum absolute atomic E-state index is 12.7. The van der Waals surface area contributed by atoms with Gasteiger partial charge in [0.25, 0.3) is 0 Å². The number of carbonyl (C=O) groups is 2. The highest BCUT2D eigenvalue weighted by Gasteiger charge is 2.14. The molecular formula is C62H70N18O5. The van der Waals surface area contributed by atoms with E-state index in [2.05, 4.69) is 107 Å². The molecule has 0 fully saturated rings. The summed E-state index contributed by atoms with van der Waals surface area (Å²) in [6, 6.07) is 48.1. The number of phenolic OH excluding ortho intramolecular Hbond substituents is 3. The molecule has 0 spiro atoms. The summed E-state index contributed by atoms with van der Waals surface area (Å²) in [6.07, 6.45) is 5.76. The minimum Gasteiger partial charge on any atom is -0.508 e. The molecule has 9 rings (SSSR count). The molecule has 9 aromatic rings. The first-order chi connectivity index (χ1) is 41.3. The van der Waals surface area contributed by atoms with Crippen LogP contribution in [0.3, 0.4) is 0 Å². The molecule has 3 heterocycles. The van der Waals surface area contributed by atoms with Gasteiger partial charge in [0.1, 0.15) is 28.9 Å². The van der Waals surface area contributed by atoms with Crippen LogP contribution < -0.4 is 48.3 Å². The summed E-state index contributed by atoms with van der Waals surface area (Å²) in [5, 5.41) is 44.9. The van der Waals surface area contributed by atoms with Gasteiger partial charge in [0.05, 0.1) is 5.69 Å². The standard InChI is InChI=1S/C42H47N13O4.C20H23N5O/c56-33-23-19-29(20-24-33)11-10-16-35-46-39(44-31-12-4-1-5-13-31)50-41(47-35)54-52-36(58)17-8-3-9-18-37(59)53-55-42-49-38(43-28-27-30-21-25-34(57)26-22-30)48-40(51-42)45-32-14-6-2-7-15-32;1-13(2)11-18-23-19(21-15-8-6-7-14(3)12-15)25-20(24-18)22-16-9-4-5-10-17(16)26/h1-2,4-7,12-15,19-26,56-57H,3,8-11,16-18,27-28H2,(H,52,58)(H,53,59)(H2,44,46,47,50,54)(H3,43,45,48,49,51,55);4-10,12-13,26H,11H2,1-3H3,(H2,21,22,23,24,25). The smallest absolute Gasteiger partial charge is 0.248 e. The van der Waals surface area contributed by atoms with E-state index < -0.39 is 0 Å². The fraction of sp³-hybridized carbons (Fsp3) is 0.242. The number of carbonyl (C=O) groups excluding carboxylic acids is 2. The van der Waals surface area contributed by atoms with Gasteiger partial charge in [0, 0.05) is 49.3 Å². The summed E-state index contributed by atoms with van der Waals surface area (Å²) >= 11 is 0. The zero-order valence-electron chi connectivity index (χ0n) is 47.5. The van der Waals surface area contributed by atoms with Gasteiger partial charge in [-0.2, -0.15) is 44.9 Å². The maximum atomic E-state index is 12.7. The number of para-hydroxylation sites is 4. The third-order valence-corrected chi connectivity index (χ3v) is 12.4. The van der Waals surface area contributed by atoms with E-state index in [4.69, 9.17) is 0 Å². The predicted molar refractivity (Wildman–Crippen MR) is 330 cm³/mol. The van der Waals surface area contributed by atoms with Gasteiger partial charge in [-0.3, -0.25) is 31.3 Å². The molecule has 0 saturated carbocycles. The first-order valence-corrected chi connectivity index (χ1v) is 28.0. The van der Waals surface area contributed by atoms with Gasteiger partial charge in [-0.1, -0.05) is 105 Å². The average Bonchev–Trinajstić information content (AvgIpc) is 3.55. The first-order valence-electron chi connectivity index (χ1n) is 28.0. The Hall–Kier alpha value is -10.7. The van der Waals surface area contributed by atoms with Crippen molar-refractivity contribution in [3.8, 4) is 17.2 Å². The van der Waals surface area contributed by atoms with E-state index in [1.54, 1.807) is 42.5 Å². The number of nitrogens with zero attached hydrogens (tertiary/aromatic N) is 9. The minimum atomic E-state index is -0.260. The molecule has 0 radical (unpaired) electrons. The number of hydrogen-bond donors (Lipinski definition) is 12. The van der Waals surface area contributed by atoms with Gasteiger partial charge < -0.3 is 41.9 Å². The molecule has 438 valence electrons. The number of benzene rings is 6. The van der Waals surface area contributed by atoms with E-state index in [0.29, 0.717) is 85.7 Å². The Morgan fingerprint density at radius 1 is 0.435 bits per heavy atom. The molecule has 12 N–H and O–H groups in total. The van der Waals surface area contributed by atoms with E-state index in [9.17, 15) is 24.9 Å². The molecule has 0 atom stereocenters. The molecule has 0 aliphatic rings. The topological polar surface area (TPSA) is 319 Å². The molecule has 0 bridgehead atoms. The number of rotatable bonds is 28. The van der Waals surface area contributed by atoms with Crippen molar-refractivity contribution >= 4 is 76.2 Å². The summed E-state index contributed by atoms with van der Waals surface area (Å²) in [7, 11) is 0. The molecule has 0 unspecified atom stereocenters. The lowest BCUT2D eigenvalue weighted by Gasteiger charge is -2.12. The summed E-state index contributed by atoms with van der Waals surface area (Å²) < 4.78 is 0. The number of unbranched alkanes of at least 4 members (excludes halogenated alkanes) is 2. The number of hydrazine groups is 2. The number of phenols is 3. The molecular weight excluding hydrogens is 1080 g/mol. The fourth-order valence-corrected chi connectivity index (χ4v) is 8.27. The van der Waals surface area contributed by atoms with E-state index in [-0.39, 0.29) is 59.7 Å². The van der Waals surface area contributed by atoms with Crippen LogP contribution in [0.15, 0.2) is 158 Å². The monoisotopic (exact) mass is 1150 g/mol. The second-order valence-electron chi connectivity index (χ2n) is 20.1. The van der Waals surface area contributed by atoms with Crippen molar-refractivity contribution in [1.29, 1.82) is 0 Å². The summed E-state index contributed by atoms with van der Waals surface area (Å²) in [6.45, 7) is 6.80. The Kier molecular flexibility index (Phi) is 22.4. The largest absolute Gasteiger partial charge is 0.508 e. The van der Waals surface area contributed by atoms with E-state index >= 15 is 0 Å². The van der Waals surface area contributed by atoms with Gasteiger partial charge in [0.15, 0.2) is 0 Å². The normalized spacial score (nSPS) is 10.7. The first kappa shape index (κ1) is 60.4. The van der Waals surface area contributed by atoms with Crippen LogP contribution in [0, 0.1) is 12.8 Å². The zero-order valence-corrected chi connectivity index (χ0v) is 47.5. The van der Waals surface area contributed by atoms with Gasteiger partial charge in [-0.15, -0.1) is 0 Å². The molecule has 0 aliphatic heterocycles. The lowest BCUT2D eigenvalue weighted by atomic mass is 10.1. The Bertz CT molecular complexity index is 3390. The van der Waals surface area contributed by atoms with Crippen LogP contribution in [-0.4, -0.2) is 78.5 Å². The van der Waals surface area contributed by atoms with E-state index in [1.165, 1.54) is 0 Å². The maximum Gasteiger partial charge on any atom is 0.248 e. The van der Waals surface area contributed by atoms with Crippen LogP contribution in [-0.2, 0) is 35.3 Å². The SMILES string of the molecule is Cc1cccc(Nc2nc(CC(C)C)nc(Nc3ccccc3O)n2)c1.O=C(CCCCCC(=O)NNc1nc(NCCc2ccc(O)cc2)nc(Nc2ccccc2)n1)NNc1nc(CCCc2ccc(O)cc2)nc(Nc2ccccc2)n1. The number of hydrogen-bond acceptors (Lipinski definition) is 21. The van der Waals surface area contributed by atoms with Crippen LogP contribution in [0.5, 0.6) is 17.2 Å². The molecule has 0 saturated heterocycles. The Balaban J connectivity index is 0.000000300. The van der Waals surface area contributed by atoms with Gasteiger partial charge in [0.2, 0.25) is 53.5 Å². The van der Waals surface area contributed by atoms with Crippen LogP contribution in [0.4, 0.5) is 64.4 Å². The van der Waals surface area contributed by atoms with E-state index in [1.807, 2.05) is 122 Å². The summed E-state index contributed by atoms with van der Waals surface area (Å²) in [5.74, 6) is 3.89. The average molecular weight is 1150 g/mol. The van der Waals surface area contributed by atoms with Crippen molar-refractivity contribution in [3.05, 3.63) is 186 Å². The van der Waals surface area contributed by atoms with Gasteiger partial charge in [-0.05, 0) is 134 Å². The van der Waals surface area contributed by atoms with E-state index in [0.717, 1.165) is 53.0 Å². The Morgan fingerprint density at radius 3 is 1.49 bits per heavy atom. The fourth-order valence-electron chi connectivity index (χ4n) is 8.27. The second-order valence-corrected chi connectivity index (χ2v) is 20.1. The molecule has 85 heavy (non-hydrogen) atoms. The highest BCUT2D eigenvalue weighted by atomic mass is 16.3. The predicted octanol–water partition coefficient (Wildman–Crippen LogP) is 10.9. The number of nitrogens with one attached hydrogen (secondary N) is 9. The third kappa shape index (κ3) is 21.3. The third-order valence-electron chi connectivity index (χ3n) is 12.4. The Morgan fingerprint density at radius 2 is 0.906 bits per heavy atom. The number of amides is 2. The number of aromatic nitrogens is 9.